The summed E-state index contributed by atoms with van der Waals surface area (Å²) in [6.07, 6.45) is 3.85. The highest BCUT2D eigenvalue weighted by atomic mass is 16.5. The molecule has 2 N–H and O–H groups in total. The van der Waals surface area contributed by atoms with Crippen molar-refractivity contribution in [3.63, 3.8) is 0 Å². The van der Waals surface area contributed by atoms with Crippen LogP contribution in [0.15, 0.2) is 36.7 Å². The van der Waals surface area contributed by atoms with Crippen LogP contribution in [-0.2, 0) is 0 Å². The SMILES string of the molecule is CCCNC(=O)c1cnc(Nc2ccccc2OC)cn1. The third-order valence-corrected chi connectivity index (χ3v) is 2.79. The number of amides is 1. The minimum absolute atomic E-state index is 0.215. The number of ether oxygens (including phenoxy) is 1. The van der Waals surface area contributed by atoms with Gasteiger partial charge in [0.2, 0.25) is 0 Å². The van der Waals surface area contributed by atoms with Crippen LogP contribution in [0.5, 0.6) is 5.75 Å². The number of benzene rings is 1. The highest BCUT2D eigenvalue weighted by Gasteiger charge is 2.08. The van der Waals surface area contributed by atoms with E-state index < -0.39 is 0 Å². The lowest BCUT2D eigenvalue weighted by atomic mass is 10.3. The molecule has 0 saturated heterocycles. The number of hydrogen-bond acceptors (Lipinski definition) is 5. The van der Waals surface area contributed by atoms with Gasteiger partial charge in [0.25, 0.3) is 5.91 Å². The van der Waals surface area contributed by atoms with Crippen molar-refractivity contribution in [3.05, 3.63) is 42.4 Å². The summed E-state index contributed by atoms with van der Waals surface area (Å²) in [7, 11) is 1.60. The fourth-order valence-electron chi connectivity index (χ4n) is 1.72. The van der Waals surface area contributed by atoms with Crippen molar-refractivity contribution < 1.29 is 9.53 Å². The maximum atomic E-state index is 11.7. The smallest absolute Gasteiger partial charge is 0.271 e. The molecule has 21 heavy (non-hydrogen) atoms. The Hall–Kier alpha value is -2.63. The van der Waals surface area contributed by atoms with E-state index in [0.717, 1.165) is 12.1 Å². The second-order valence-corrected chi connectivity index (χ2v) is 4.37. The molecule has 0 aliphatic rings. The normalized spacial score (nSPS) is 10.0. The van der Waals surface area contributed by atoms with Crippen molar-refractivity contribution in [2.75, 3.05) is 19.0 Å². The third kappa shape index (κ3) is 3.92. The van der Waals surface area contributed by atoms with E-state index in [-0.39, 0.29) is 5.91 Å². The van der Waals surface area contributed by atoms with Crippen molar-refractivity contribution in [2.24, 2.45) is 0 Å². The fourth-order valence-corrected chi connectivity index (χ4v) is 1.72. The van der Waals surface area contributed by atoms with Gasteiger partial charge in [-0.15, -0.1) is 0 Å². The van der Waals surface area contributed by atoms with Crippen LogP contribution >= 0.6 is 0 Å². The van der Waals surface area contributed by atoms with Gasteiger partial charge in [0.1, 0.15) is 17.3 Å². The first-order chi connectivity index (χ1) is 10.2. The molecule has 0 atom stereocenters. The molecule has 0 unspecified atom stereocenters. The molecule has 6 heteroatoms. The van der Waals surface area contributed by atoms with Crippen molar-refractivity contribution in [2.45, 2.75) is 13.3 Å². The van der Waals surface area contributed by atoms with E-state index >= 15 is 0 Å². The number of hydrogen-bond donors (Lipinski definition) is 2. The summed E-state index contributed by atoms with van der Waals surface area (Å²) >= 11 is 0. The average molecular weight is 286 g/mol. The summed E-state index contributed by atoms with van der Waals surface area (Å²) in [6.45, 7) is 2.62. The molecule has 1 aromatic heterocycles. The molecule has 2 rings (SSSR count). The lowest BCUT2D eigenvalue weighted by Crippen LogP contribution is -2.25. The van der Waals surface area contributed by atoms with Gasteiger partial charge < -0.3 is 15.4 Å². The summed E-state index contributed by atoms with van der Waals surface area (Å²) in [6, 6.07) is 7.51. The topological polar surface area (TPSA) is 76.1 Å². The van der Waals surface area contributed by atoms with Gasteiger partial charge in [-0.2, -0.15) is 0 Å². The van der Waals surface area contributed by atoms with Gasteiger partial charge >= 0.3 is 0 Å². The molecule has 0 bridgehead atoms. The molecule has 2 aromatic rings. The first kappa shape index (κ1) is 14.8. The molecule has 0 radical (unpaired) electrons. The van der Waals surface area contributed by atoms with Crippen LogP contribution in [0.4, 0.5) is 11.5 Å². The van der Waals surface area contributed by atoms with Crippen LogP contribution < -0.4 is 15.4 Å². The van der Waals surface area contributed by atoms with Gasteiger partial charge in [0.15, 0.2) is 0 Å². The van der Waals surface area contributed by atoms with E-state index in [1.54, 1.807) is 7.11 Å². The number of carbonyl (C=O) groups excluding carboxylic acids is 1. The Morgan fingerprint density at radius 2 is 2.05 bits per heavy atom. The number of para-hydroxylation sites is 2. The summed E-state index contributed by atoms with van der Waals surface area (Å²) in [5, 5.41) is 5.86. The number of aromatic nitrogens is 2. The fraction of sp³-hybridized carbons (Fsp3) is 0.267. The number of nitrogens with one attached hydrogen (secondary N) is 2. The maximum Gasteiger partial charge on any atom is 0.271 e. The Labute approximate surface area is 123 Å². The first-order valence-electron chi connectivity index (χ1n) is 6.75. The monoisotopic (exact) mass is 286 g/mol. The Bertz CT molecular complexity index is 599. The number of carbonyl (C=O) groups is 1. The zero-order valence-corrected chi connectivity index (χ0v) is 12.1. The van der Waals surface area contributed by atoms with Gasteiger partial charge in [-0.1, -0.05) is 19.1 Å². The molecular formula is C15H18N4O2. The molecule has 0 fully saturated rings. The molecule has 0 spiro atoms. The number of methoxy groups -OCH3 is 1. The predicted molar refractivity (Wildman–Crippen MR) is 80.9 cm³/mol. The second-order valence-electron chi connectivity index (χ2n) is 4.37. The lowest BCUT2D eigenvalue weighted by molar-refractivity contribution is 0.0948. The van der Waals surface area contributed by atoms with Crippen LogP contribution in [0.2, 0.25) is 0 Å². The van der Waals surface area contributed by atoms with Crippen LogP contribution in [0, 0.1) is 0 Å². The zero-order valence-electron chi connectivity index (χ0n) is 12.1. The van der Waals surface area contributed by atoms with E-state index in [0.29, 0.717) is 23.8 Å². The summed E-state index contributed by atoms with van der Waals surface area (Å²) in [5.41, 5.74) is 1.09. The molecule has 110 valence electrons. The molecule has 0 aliphatic heterocycles. The van der Waals surface area contributed by atoms with E-state index in [1.807, 2.05) is 31.2 Å². The van der Waals surface area contributed by atoms with Crippen molar-refractivity contribution in [1.29, 1.82) is 0 Å². The van der Waals surface area contributed by atoms with Gasteiger partial charge in [-0.25, -0.2) is 9.97 Å². The molecule has 6 nitrogen and oxygen atoms in total. The van der Waals surface area contributed by atoms with Crippen molar-refractivity contribution >= 4 is 17.4 Å². The zero-order chi connectivity index (χ0) is 15.1. The van der Waals surface area contributed by atoms with Gasteiger partial charge in [0.05, 0.1) is 25.2 Å². The standard InChI is InChI=1S/C15H18N4O2/c1-3-8-16-15(20)12-9-18-14(10-17-12)19-11-6-4-5-7-13(11)21-2/h4-7,9-10H,3,8H2,1-2H3,(H,16,20)(H,18,19). The summed E-state index contributed by atoms with van der Waals surface area (Å²) in [5.74, 6) is 1.05. The summed E-state index contributed by atoms with van der Waals surface area (Å²) in [4.78, 5) is 20.0. The van der Waals surface area contributed by atoms with E-state index in [1.165, 1.54) is 12.4 Å². The predicted octanol–water partition coefficient (Wildman–Crippen LogP) is 2.37. The minimum Gasteiger partial charge on any atom is -0.495 e. The first-order valence-corrected chi connectivity index (χ1v) is 6.75. The Balaban J connectivity index is 2.07. The molecule has 1 aromatic carbocycles. The molecule has 0 aliphatic carbocycles. The molecule has 1 amide bonds. The largest absolute Gasteiger partial charge is 0.495 e. The summed E-state index contributed by atoms with van der Waals surface area (Å²) < 4.78 is 5.25. The maximum absolute atomic E-state index is 11.7. The average Bonchev–Trinajstić information content (AvgIpc) is 2.54. The Kier molecular flexibility index (Phi) is 5.09. The Morgan fingerprint density at radius 1 is 1.24 bits per heavy atom. The number of rotatable bonds is 6. The highest BCUT2D eigenvalue weighted by molar-refractivity contribution is 5.92. The van der Waals surface area contributed by atoms with Gasteiger partial charge in [-0.3, -0.25) is 4.79 Å². The number of nitrogens with zero attached hydrogens (tertiary/aromatic N) is 2. The molecule has 1 heterocycles. The lowest BCUT2D eigenvalue weighted by Gasteiger charge is -2.10. The molecule has 0 saturated carbocycles. The van der Waals surface area contributed by atoms with Crippen LogP contribution in [0.1, 0.15) is 23.8 Å². The van der Waals surface area contributed by atoms with Crippen LogP contribution in [0.25, 0.3) is 0 Å². The van der Waals surface area contributed by atoms with Crippen molar-refractivity contribution in [3.8, 4) is 5.75 Å². The Morgan fingerprint density at radius 3 is 2.71 bits per heavy atom. The van der Waals surface area contributed by atoms with E-state index in [4.69, 9.17) is 4.74 Å². The highest BCUT2D eigenvalue weighted by Crippen LogP contribution is 2.25. The van der Waals surface area contributed by atoms with E-state index in [2.05, 4.69) is 20.6 Å². The minimum atomic E-state index is -0.215. The van der Waals surface area contributed by atoms with Crippen LogP contribution in [-0.4, -0.2) is 29.5 Å². The molecular weight excluding hydrogens is 268 g/mol. The third-order valence-electron chi connectivity index (χ3n) is 2.79. The van der Waals surface area contributed by atoms with Gasteiger partial charge in [0, 0.05) is 6.54 Å². The van der Waals surface area contributed by atoms with E-state index in [9.17, 15) is 4.79 Å². The van der Waals surface area contributed by atoms with Crippen LogP contribution in [0.3, 0.4) is 0 Å². The number of anilines is 2. The van der Waals surface area contributed by atoms with Gasteiger partial charge in [-0.05, 0) is 18.6 Å². The second kappa shape index (κ2) is 7.23. The quantitative estimate of drug-likeness (QED) is 0.852. The van der Waals surface area contributed by atoms with Crippen molar-refractivity contribution in [1.82, 2.24) is 15.3 Å².